The maximum absolute atomic E-state index is 11.4. The third-order valence-electron chi connectivity index (χ3n) is 2.44. The Bertz CT molecular complexity index is 667. The van der Waals surface area contributed by atoms with Gasteiger partial charge in [-0.05, 0) is 6.07 Å². The fourth-order valence-electron chi connectivity index (χ4n) is 1.50. The van der Waals surface area contributed by atoms with Crippen molar-refractivity contribution >= 4 is 17.4 Å². The monoisotopic (exact) mass is 277 g/mol. The number of hydrogen-bond donors (Lipinski definition) is 3. The van der Waals surface area contributed by atoms with Crippen molar-refractivity contribution in [2.24, 2.45) is 5.84 Å². The number of anilines is 1. The summed E-state index contributed by atoms with van der Waals surface area (Å²) in [6, 6.07) is 3.88. The van der Waals surface area contributed by atoms with Gasteiger partial charge in [-0.1, -0.05) is 0 Å². The molecule has 0 unspecified atom stereocenters. The average molecular weight is 277 g/mol. The summed E-state index contributed by atoms with van der Waals surface area (Å²) in [5.41, 5.74) is 2.21. The molecule has 0 radical (unpaired) electrons. The molecule has 0 aromatic carbocycles. The second-order valence-electron chi connectivity index (χ2n) is 3.69. The molecule has 1 amide bonds. The largest absolute Gasteiger partial charge is 0.354 e. The van der Waals surface area contributed by atoms with Crippen molar-refractivity contribution in [1.29, 1.82) is 0 Å². The first-order valence-corrected chi connectivity index (χ1v) is 5.46. The number of rotatable bonds is 4. The molecule has 4 N–H and O–H groups in total. The second-order valence-corrected chi connectivity index (χ2v) is 3.69. The highest BCUT2D eigenvalue weighted by Crippen LogP contribution is 2.19. The third kappa shape index (κ3) is 2.54. The summed E-state index contributed by atoms with van der Waals surface area (Å²) < 4.78 is 1.25. The number of carbonyl (C=O) groups is 1. The highest BCUT2D eigenvalue weighted by Gasteiger charge is 2.14. The number of nitro groups is 1. The van der Waals surface area contributed by atoms with E-state index >= 15 is 0 Å². The van der Waals surface area contributed by atoms with Gasteiger partial charge in [0.25, 0.3) is 11.6 Å². The molecule has 0 spiro atoms. The Labute approximate surface area is 112 Å². The van der Waals surface area contributed by atoms with E-state index in [2.05, 4.69) is 20.8 Å². The van der Waals surface area contributed by atoms with Gasteiger partial charge in [0.2, 0.25) is 0 Å². The number of nitrogens with one attached hydrogen (secondary N) is 2. The number of aromatic nitrogens is 3. The van der Waals surface area contributed by atoms with Crippen LogP contribution in [0.1, 0.15) is 10.5 Å². The molecule has 0 aliphatic heterocycles. The minimum Gasteiger partial charge on any atom is -0.354 e. The third-order valence-corrected chi connectivity index (χ3v) is 2.44. The van der Waals surface area contributed by atoms with Crippen LogP contribution in [0.3, 0.4) is 0 Å². The van der Waals surface area contributed by atoms with Gasteiger partial charge >= 0.3 is 0 Å². The highest BCUT2D eigenvalue weighted by atomic mass is 16.6. The minimum absolute atomic E-state index is 0.117. The number of nitrogen functional groups attached to an aromatic ring is 1. The predicted octanol–water partition coefficient (Wildman–Crippen LogP) is -0.179. The van der Waals surface area contributed by atoms with Crippen molar-refractivity contribution in [2.45, 2.75) is 0 Å². The Morgan fingerprint density at radius 1 is 1.50 bits per heavy atom. The van der Waals surface area contributed by atoms with Gasteiger partial charge in [-0.3, -0.25) is 14.9 Å². The first-order chi connectivity index (χ1) is 9.55. The summed E-state index contributed by atoms with van der Waals surface area (Å²) in [6.07, 6.45) is 1.47. The fourth-order valence-corrected chi connectivity index (χ4v) is 1.50. The Morgan fingerprint density at radius 2 is 2.25 bits per heavy atom. The van der Waals surface area contributed by atoms with Crippen LogP contribution < -0.4 is 16.6 Å². The van der Waals surface area contributed by atoms with Crippen LogP contribution in [0.25, 0.3) is 5.82 Å². The number of amides is 1. The summed E-state index contributed by atoms with van der Waals surface area (Å²) in [7, 11) is 1.48. The molecule has 0 atom stereocenters. The zero-order valence-electron chi connectivity index (χ0n) is 10.4. The van der Waals surface area contributed by atoms with Gasteiger partial charge in [0.05, 0.1) is 17.1 Å². The van der Waals surface area contributed by atoms with Crippen LogP contribution in [0.4, 0.5) is 11.5 Å². The lowest BCUT2D eigenvalue weighted by molar-refractivity contribution is -0.384. The summed E-state index contributed by atoms with van der Waals surface area (Å²) in [5.74, 6) is 5.13. The molecule has 104 valence electrons. The van der Waals surface area contributed by atoms with E-state index < -0.39 is 4.92 Å². The van der Waals surface area contributed by atoms with Crippen LogP contribution in [0.5, 0.6) is 0 Å². The van der Waals surface area contributed by atoms with E-state index in [1.54, 1.807) is 0 Å². The SMILES string of the molecule is CNC(=O)c1ccn(-c2cc([N+](=O)[O-])cc(NN)n2)n1. The first-order valence-electron chi connectivity index (χ1n) is 5.46. The molecule has 2 aromatic rings. The molecule has 2 aromatic heterocycles. The van der Waals surface area contributed by atoms with Crippen LogP contribution in [-0.4, -0.2) is 32.6 Å². The molecule has 0 aliphatic carbocycles. The molecule has 2 heterocycles. The average Bonchev–Trinajstić information content (AvgIpc) is 2.95. The number of nitrogens with two attached hydrogens (primary N) is 1. The summed E-state index contributed by atoms with van der Waals surface area (Å²) >= 11 is 0. The van der Waals surface area contributed by atoms with Crippen LogP contribution in [0.15, 0.2) is 24.4 Å². The normalized spacial score (nSPS) is 10.1. The minimum atomic E-state index is -0.574. The fraction of sp³-hybridized carbons (Fsp3) is 0.100. The zero-order valence-corrected chi connectivity index (χ0v) is 10.4. The molecular weight excluding hydrogens is 266 g/mol. The number of nitrogens with zero attached hydrogens (tertiary/aromatic N) is 4. The molecule has 0 saturated heterocycles. The molecule has 0 aliphatic rings. The van der Waals surface area contributed by atoms with Crippen LogP contribution >= 0.6 is 0 Å². The second kappa shape index (κ2) is 5.32. The lowest BCUT2D eigenvalue weighted by atomic mass is 10.4. The number of carbonyl (C=O) groups excluding carboxylic acids is 1. The smallest absolute Gasteiger partial charge is 0.276 e. The van der Waals surface area contributed by atoms with Gasteiger partial charge < -0.3 is 10.7 Å². The number of hydrazine groups is 1. The van der Waals surface area contributed by atoms with Crippen LogP contribution in [0.2, 0.25) is 0 Å². The van der Waals surface area contributed by atoms with Crippen molar-refractivity contribution in [2.75, 3.05) is 12.5 Å². The molecule has 10 nitrogen and oxygen atoms in total. The van der Waals surface area contributed by atoms with Crippen LogP contribution in [-0.2, 0) is 0 Å². The molecule has 0 bridgehead atoms. The highest BCUT2D eigenvalue weighted by molar-refractivity contribution is 5.91. The number of pyridine rings is 1. The quantitative estimate of drug-likeness (QED) is 0.400. The molecule has 0 fully saturated rings. The van der Waals surface area contributed by atoms with Gasteiger partial charge in [-0.25, -0.2) is 15.5 Å². The van der Waals surface area contributed by atoms with Crippen molar-refractivity contribution in [3.63, 3.8) is 0 Å². The Morgan fingerprint density at radius 3 is 2.85 bits per heavy atom. The first kappa shape index (κ1) is 13.4. The van der Waals surface area contributed by atoms with E-state index in [4.69, 9.17) is 5.84 Å². The van der Waals surface area contributed by atoms with Crippen molar-refractivity contribution in [3.05, 3.63) is 40.2 Å². The standard InChI is InChI=1S/C10H11N7O3/c1-12-10(18)7-2-3-16(15-7)9-5-6(17(19)20)4-8(13-9)14-11/h2-5H,11H2,1H3,(H,12,18)(H,13,14). The van der Waals surface area contributed by atoms with E-state index in [1.807, 2.05) is 0 Å². The Hall–Kier alpha value is -3.01. The molecule has 10 heteroatoms. The van der Waals surface area contributed by atoms with Crippen LogP contribution in [0, 0.1) is 10.1 Å². The van der Waals surface area contributed by atoms with Gasteiger partial charge in [0, 0.05) is 13.2 Å². The molecular formula is C10H11N7O3. The molecule has 0 saturated carbocycles. The topological polar surface area (TPSA) is 141 Å². The number of hydrogen-bond acceptors (Lipinski definition) is 7. The van der Waals surface area contributed by atoms with Crippen molar-refractivity contribution < 1.29 is 9.72 Å². The lowest BCUT2D eigenvalue weighted by Crippen LogP contribution is -2.18. The Balaban J connectivity index is 2.46. The van der Waals surface area contributed by atoms with E-state index in [1.165, 1.54) is 36.1 Å². The van der Waals surface area contributed by atoms with Crippen molar-refractivity contribution in [3.8, 4) is 5.82 Å². The van der Waals surface area contributed by atoms with E-state index in [0.717, 1.165) is 0 Å². The zero-order chi connectivity index (χ0) is 14.7. The van der Waals surface area contributed by atoms with E-state index in [-0.39, 0.29) is 28.9 Å². The Kier molecular flexibility index (Phi) is 3.57. The maximum atomic E-state index is 11.4. The van der Waals surface area contributed by atoms with E-state index in [9.17, 15) is 14.9 Å². The summed E-state index contributed by atoms with van der Waals surface area (Å²) in [6.45, 7) is 0. The molecule has 20 heavy (non-hydrogen) atoms. The van der Waals surface area contributed by atoms with Gasteiger partial charge in [-0.15, -0.1) is 0 Å². The van der Waals surface area contributed by atoms with Gasteiger partial charge in [0.1, 0.15) is 5.82 Å². The predicted molar refractivity (Wildman–Crippen MR) is 69.2 cm³/mol. The van der Waals surface area contributed by atoms with E-state index in [0.29, 0.717) is 0 Å². The molecule has 2 rings (SSSR count). The summed E-state index contributed by atoms with van der Waals surface area (Å²) in [4.78, 5) is 25.7. The lowest BCUT2D eigenvalue weighted by Gasteiger charge is -2.04. The maximum Gasteiger partial charge on any atom is 0.276 e. The summed E-state index contributed by atoms with van der Waals surface area (Å²) in [5, 5.41) is 17.2. The van der Waals surface area contributed by atoms with Gasteiger partial charge in [0.15, 0.2) is 11.5 Å². The van der Waals surface area contributed by atoms with Gasteiger partial charge in [-0.2, -0.15) is 5.10 Å². The van der Waals surface area contributed by atoms with Crippen molar-refractivity contribution in [1.82, 2.24) is 20.1 Å².